The van der Waals surface area contributed by atoms with Crippen LogP contribution in [-0.2, 0) is 14.9 Å². The van der Waals surface area contributed by atoms with Gasteiger partial charge in [0, 0.05) is 5.69 Å². The van der Waals surface area contributed by atoms with Crippen molar-refractivity contribution >= 4 is 5.97 Å². The Balaban J connectivity index is 2.49. The van der Waals surface area contributed by atoms with E-state index in [1.54, 1.807) is 24.3 Å². The number of esters is 1. The number of nitrogens with zero attached hydrogens (tertiary/aromatic N) is 2. The molecule has 2 aromatic rings. The Morgan fingerprint density at radius 1 is 1.40 bits per heavy atom. The van der Waals surface area contributed by atoms with Crippen molar-refractivity contribution in [3.8, 4) is 11.9 Å². The predicted octanol–water partition coefficient (Wildman–Crippen LogP) is 2.08. The van der Waals surface area contributed by atoms with Crippen molar-refractivity contribution in [2.24, 2.45) is 5.73 Å². The normalized spacial score (nSPS) is 19.2. The monoisotopic (exact) mass is 338 g/mol. The fourth-order valence-electron chi connectivity index (χ4n) is 3.25. The third-order valence-corrected chi connectivity index (χ3v) is 4.35. The van der Waals surface area contributed by atoms with Crippen LogP contribution in [-0.4, -0.2) is 23.3 Å². The third-order valence-electron chi connectivity index (χ3n) is 4.35. The maximum absolute atomic E-state index is 13.1. The molecule has 3 N–H and O–H groups in total. The second-order valence-electron chi connectivity index (χ2n) is 6.03. The SMILES string of the molecule is COC(=O)C1(c2ccccc2)C(C#N)=C(N)Oc2n[nH]c(C(C)C)c21. The molecule has 0 aliphatic carbocycles. The topological polar surface area (TPSA) is 114 Å². The maximum Gasteiger partial charge on any atom is 0.326 e. The van der Waals surface area contributed by atoms with Gasteiger partial charge < -0.3 is 15.2 Å². The van der Waals surface area contributed by atoms with Crippen molar-refractivity contribution in [2.45, 2.75) is 25.2 Å². The van der Waals surface area contributed by atoms with Crippen LogP contribution >= 0.6 is 0 Å². The summed E-state index contributed by atoms with van der Waals surface area (Å²) in [6.07, 6.45) is 0. The van der Waals surface area contributed by atoms with Gasteiger partial charge in [0.2, 0.25) is 11.8 Å². The number of methoxy groups -OCH3 is 1. The van der Waals surface area contributed by atoms with E-state index in [4.69, 9.17) is 15.2 Å². The predicted molar refractivity (Wildman–Crippen MR) is 89.4 cm³/mol. The highest BCUT2D eigenvalue weighted by atomic mass is 16.5. The Kier molecular flexibility index (Phi) is 3.97. The molecule has 0 saturated carbocycles. The molecule has 1 unspecified atom stereocenters. The van der Waals surface area contributed by atoms with Gasteiger partial charge in [0.25, 0.3) is 0 Å². The Hall–Kier alpha value is -3.27. The summed E-state index contributed by atoms with van der Waals surface area (Å²) in [5, 5.41) is 16.9. The quantitative estimate of drug-likeness (QED) is 0.828. The van der Waals surface area contributed by atoms with Gasteiger partial charge in [0.05, 0.1) is 12.7 Å². The molecule has 2 heterocycles. The molecule has 1 aromatic carbocycles. The van der Waals surface area contributed by atoms with Gasteiger partial charge in [-0.15, -0.1) is 5.10 Å². The van der Waals surface area contributed by atoms with Crippen LogP contribution < -0.4 is 10.5 Å². The first kappa shape index (κ1) is 16.6. The van der Waals surface area contributed by atoms with Crippen molar-refractivity contribution < 1.29 is 14.3 Å². The van der Waals surface area contributed by atoms with Crippen LogP contribution in [0.3, 0.4) is 0 Å². The number of carbonyl (C=O) groups excluding carboxylic acids is 1. The molecule has 0 saturated heterocycles. The van der Waals surface area contributed by atoms with Gasteiger partial charge in [0.15, 0.2) is 5.41 Å². The number of benzene rings is 1. The summed E-state index contributed by atoms with van der Waals surface area (Å²) in [5.41, 5.74) is 6.14. The van der Waals surface area contributed by atoms with E-state index in [0.29, 0.717) is 16.8 Å². The van der Waals surface area contributed by atoms with Crippen molar-refractivity contribution in [2.75, 3.05) is 7.11 Å². The zero-order chi connectivity index (χ0) is 18.2. The first-order valence-corrected chi connectivity index (χ1v) is 7.79. The molecule has 7 nitrogen and oxygen atoms in total. The summed E-state index contributed by atoms with van der Waals surface area (Å²) < 4.78 is 10.6. The highest BCUT2D eigenvalue weighted by Gasteiger charge is 2.55. The molecule has 128 valence electrons. The number of carbonyl (C=O) groups is 1. The van der Waals surface area contributed by atoms with Gasteiger partial charge in [0.1, 0.15) is 11.6 Å². The van der Waals surface area contributed by atoms with E-state index < -0.39 is 11.4 Å². The minimum Gasteiger partial charge on any atom is -0.468 e. The van der Waals surface area contributed by atoms with Gasteiger partial charge in [-0.25, -0.2) is 0 Å². The zero-order valence-electron chi connectivity index (χ0n) is 14.2. The molecule has 1 aromatic heterocycles. The number of nitrogens with two attached hydrogens (primary N) is 1. The van der Waals surface area contributed by atoms with Crippen LogP contribution in [0.4, 0.5) is 0 Å². The number of nitriles is 1. The van der Waals surface area contributed by atoms with Gasteiger partial charge in [-0.2, -0.15) is 5.26 Å². The highest BCUT2D eigenvalue weighted by molar-refractivity contribution is 5.95. The maximum atomic E-state index is 13.1. The minimum absolute atomic E-state index is 0.00635. The summed E-state index contributed by atoms with van der Waals surface area (Å²) in [6, 6.07) is 11.0. The third kappa shape index (κ3) is 2.18. The van der Waals surface area contributed by atoms with Gasteiger partial charge >= 0.3 is 5.97 Å². The molecule has 0 spiro atoms. The molecule has 0 amide bonds. The first-order valence-electron chi connectivity index (χ1n) is 7.79. The second-order valence-corrected chi connectivity index (χ2v) is 6.03. The molecule has 1 aliphatic heterocycles. The minimum atomic E-state index is -1.53. The number of rotatable bonds is 3. The second kappa shape index (κ2) is 5.98. The van der Waals surface area contributed by atoms with Crippen LogP contribution in [0.15, 0.2) is 41.8 Å². The van der Waals surface area contributed by atoms with Crippen molar-refractivity contribution in [3.63, 3.8) is 0 Å². The number of ether oxygens (including phenoxy) is 2. The van der Waals surface area contributed by atoms with Crippen molar-refractivity contribution in [3.05, 3.63) is 58.6 Å². The van der Waals surface area contributed by atoms with Gasteiger partial charge in [-0.05, 0) is 11.5 Å². The molecule has 1 aliphatic rings. The van der Waals surface area contributed by atoms with E-state index in [2.05, 4.69) is 10.2 Å². The van der Waals surface area contributed by atoms with E-state index in [0.717, 1.165) is 0 Å². The standard InChI is InChI=1S/C18H18N4O3/c1-10(2)14-13-16(22-21-14)25-15(20)12(9-19)18(13,17(23)24-3)11-7-5-4-6-8-11/h4-8,10H,20H2,1-3H3,(H,21,22). The van der Waals surface area contributed by atoms with Gasteiger partial charge in [-0.1, -0.05) is 44.2 Å². The molecule has 0 fully saturated rings. The molecular weight excluding hydrogens is 320 g/mol. The van der Waals surface area contributed by atoms with Crippen molar-refractivity contribution in [1.29, 1.82) is 5.26 Å². The number of H-pyrrole nitrogens is 1. The molecule has 25 heavy (non-hydrogen) atoms. The summed E-state index contributed by atoms with van der Waals surface area (Å²) in [7, 11) is 1.28. The molecule has 7 heteroatoms. The van der Waals surface area contributed by atoms with E-state index in [-0.39, 0.29) is 23.3 Å². The lowest BCUT2D eigenvalue weighted by atomic mass is 9.67. The number of hydrogen-bond donors (Lipinski definition) is 2. The van der Waals surface area contributed by atoms with Crippen LogP contribution in [0, 0.1) is 11.3 Å². The molecule has 0 bridgehead atoms. The fourth-order valence-corrected chi connectivity index (χ4v) is 3.25. The fraction of sp³-hybridized carbons (Fsp3) is 0.278. The van der Waals surface area contributed by atoms with Gasteiger partial charge in [-0.3, -0.25) is 9.89 Å². The average Bonchev–Trinajstić information content (AvgIpc) is 3.04. The zero-order valence-corrected chi connectivity index (χ0v) is 14.2. The Morgan fingerprint density at radius 2 is 2.08 bits per heavy atom. The van der Waals surface area contributed by atoms with Crippen LogP contribution in [0.5, 0.6) is 5.88 Å². The van der Waals surface area contributed by atoms with Crippen LogP contribution in [0.25, 0.3) is 0 Å². The number of nitrogens with one attached hydrogen (secondary N) is 1. The molecule has 0 radical (unpaired) electrons. The highest BCUT2D eigenvalue weighted by Crippen LogP contribution is 2.50. The molecular formula is C18H18N4O3. The van der Waals surface area contributed by atoms with E-state index in [9.17, 15) is 10.1 Å². The number of fused-ring (bicyclic) bond motifs is 1. The summed E-state index contributed by atoms with van der Waals surface area (Å²) in [6.45, 7) is 3.91. The van der Waals surface area contributed by atoms with Crippen LogP contribution in [0.1, 0.15) is 36.6 Å². The van der Waals surface area contributed by atoms with Crippen LogP contribution in [0.2, 0.25) is 0 Å². The van der Waals surface area contributed by atoms with Crippen molar-refractivity contribution in [1.82, 2.24) is 10.2 Å². The summed E-state index contributed by atoms with van der Waals surface area (Å²) in [5.74, 6) is -0.599. The Labute approximate surface area is 145 Å². The number of hydrogen-bond acceptors (Lipinski definition) is 6. The largest absolute Gasteiger partial charge is 0.468 e. The Bertz CT molecular complexity index is 893. The lowest BCUT2D eigenvalue weighted by molar-refractivity contribution is -0.144. The van der Waals surface area contributed by atoms with E-state index in [1.165, 1.54) is 7.11 Å². The Morgan fingerprint density at radius 3 is 2.64 bits per heavy atom. The number of aromatic amines is 1. The average molecular weight is 338 g/mol. The lowest BCUT2D eigenvalue weighted by Gasteiger charge is -2.35. The lowest BCUT2D eigenvalue weighted by Crippen LogP contribution is -2.44. The van der Waals surface area contributed by atoms with E-state index in [1.807, 2.05) is 26.0 Å². The summed E-state index contributed by atoms with van der Waals surface area (Å²) >= 11 is 0. The smallest absolute Gasteiger partial charge is 0.326 e. The summed E-state index contributed by atoms with van der Waals surface area (Å²) in [4.78, 5) is 13.1. The molecule has 1 atom stereocenters. The van der Waals surface area contributed by atoms with E-state index >= 15 is 0 Å². The number of aromatic nitrogens is 2. The first-order chi connectivity index (χ1) is 12.0. The molecule has 3 rings (SSSR count).